The van der Waals surface area contributed by atoms with Crippen molar-refractivity contribution >= 4 is 23.4 Å². The van der Waals surface area contributed by atoms with Crippen LogP contribution in [0.15, 0.2) is 54.6 Å². The lowest BCUT2D eigenvalue weighted by Gasteiger charge is -2.45. The second-order valence-electron chi connectivity index (χ2n) is 12.1. The van der Waals surface area contributed by atoms with Crippen molar-refractivity contribution in [3.63, 3.8) is 0 Å². The van der Waals surface area contributed by atoms with E-state index in [1.54, 1.807) is 12.1 Å². The van der Waals surface area contributed by atoms with Crippen molar-refractivity contribution in [3.05, 3.63) is 65.7 Å². The second kappa shape index (κ2) is 11.1. The fraction of sp³-hybridized carbons (Fsp3) is 0.516. The highest BCUT2D eigenvalue weighted by molar-refractivity contribution is 6.06. The van der Waals surface area contributed by atoms with Gasteiger partial charge < -0.3 is 10.2 Å². The molecule has 6 nitrogen and oxygen atoms in total. The van der Waals surface area contributed by atoms with Crippen molar-refractivity contribution in [2.24, 2.45) is 22.7 Å². The number of likely N-dealkylation sites (tertiary alicyclic amines) is 1. The van der Waals surface area contributed by atoms with Crippen molar-refractivity contribution in [1.29, 1.82) is 0 Å². The normalized spacial score (nSPS) is 19.2. The van der Waals surface area contributed by atoms with E-state index in [2.05, 4.69) is 46.9 Å². The first kappa shape index (κ1) is 28.4. The molecule has 37 heavy (non-hydrogen) atoms. The van der Waals surface area contributed by atoms with E-state index in [0.717, 1.165) is 11.3 Å². The van der Waals surface area contributed by atoms with Gasteiger partial charge in [0.15, 0.2) is 0 Å². The summed E-state index contributed by atoms with van der Waals surface area (Å²) >= 11 is 0. The highest BCUT2D eigenvalue weighted by Crippen LogP contribution is 2.53. The summed E-state index contributed by atoms with van der Waals surface area (Å²) in [7, 11) is 3.91. The van der Waals surface area contributed by atoms with Crippen LogP contribution in [0.3, 0.4) is 0 Å². The van der Waals surface area contributed by atoms with E-state index in [9.17, 15) is 14.4 Å². The van der Waals surface area contributed by atoms with Gasteiger partial charge in [-0.2, -0.15) is 0 Å². The average molecular weight is 506 g/mol. The Morgan fingerprint density at radius 1 is 0.946 bits per heavy atom. The van der Waals surface area contributed by atoms with Gasteiger partial charge in [-0.3, -0.25) is 19.3 Å². The number of amides is 3. The maximum atomic E-state index is 13.8. The molecule has 1 heterocycles. The minimum atomic E-state index is -0.422. The smallest absolute Gasteiger partial charge is 0.251 e. The van der Waals surface area contributed by atoms with Crippen LogP contribution < -0.4 is 10.2 Å². The summed E-state index contributed by atoms with van der Waals surface area (Å²) in [5.74, 6) is -1.28. The minimum absolute atomic E-state index is 0.0842. The van der Waals surface area contributed by atoms with Gasteiger partial charge in [0.25, 0.3) is 5.91 Å². The zero-order chi connectivity index (χ0) is 27.5. The highest BCUT2D eigenvalue weighted by atomic mass is 16.2. The number of hydrogen-bond acceptors (Lipinski definition) is 4. The third-order valence-corrected chi connectivity index (χ3v) is 8.51. The lowest BCUT2D eigenvalue weighted by Crippen LogP contribution is -2.44. The van der Waals surface area contributed by atoms with E-state index in [4.69, 9.17) is 0 Å². The molecular weight excluding hydrogens is 462 g/mol. The van der Waals surface area contributed by atoms with Gasteiger partial charge >= 0.3 is 0 Å². The Kier molecular flexibility index (Phi) is 8.51. The Hall–Kier alpha value is -3.15. The first-order chi connectivity index (χ1) is 17.3. The number of imide groups is 1. The van der Waals surface area contributed by atoms with Crippen LogP contribution in [-0.4, -0.2) is 49.8 Å². The molecule has 2 aromatic rings. The third kappa shape index (κ3) is 5.89. The van der Waals surface area contributed by atoms with Crippen LogP contribution in [0.4, 0.5) is 5.69 Å². The van der Waals surface area contributed by atoms with E-state index in [0.29, 0.717) is 25.1 Å². The van der Waals surface area contributed by atoms with Crippen LogP contribution in [0.2, 0.25) is 0 Å². The molecule has 6 heteroatoms. The highest BCUT2D eigenvalue weighted by Gasteiger charge is 2.58. The molecule has 1 fully saturated rings. The standard InChI is InChI=1S/C31H43N3O3/c1-21(22-13-10-9-11-14-22)25-26(31(5,6)30(2,3)4)29(37)34(28(25)36)20-12-19-32-27(35)23-15-17-24(18-16-23)33(7)8/h9-11,13-18,21,25-26H,12,19-20H2,1-8H3,(H,32,35). The maximum absolute atomic E-state index is 13.8. The molecule has 1 aliphatic heterocycles. The van der Waals surface area contributed by atoms with E-state index >= 15 is 0 Å². The Bertz CT molecular complexity index is 1100. The van der Waals surface area contributed by atoms with Crippen molar-refractivity contribution in [1.82, 2.24) is 10.2 Å². The van der Waals surface area contributed by atoms with Gasteiger partial charge in [-0.15, -0.1) is 0 Å². The summed E-state index contributed by atoms with van der Waals surface area (Å²) in [6.07, 6.45) is 0.508. The molecule has 200 valence electrons. The van der Waals surface area contributed by atoms with Gasteiger partial charge in [-0.1, -0.05) is 71.9 Å². The molecular formula is C31H43N3O3. The minimum Gasteiger partial charge on any atom is -0.378 e. The largest absolute Gasteiger partial charge is 0.378 e. The van der Waals surface area contributed by atoms with Crippen molar-refractivity contribution in [2.75, 3.05) is 32.1 Å². The number of benzene rings is 2. The summed E-state index contributed by atoms with van der Waals surface area (Å²) in [6, 6.07) is 17.4. The fourth-order valence-corrected chi connectivity index (χ4v) is 5.12. The first-order valence-electron chi connectivity index (χ1n) is 13.2. The van der Waals surface area contributed by atoms with Crippen molar-refractivity contribution in [3.8, 4) is 0 Å². The number of rotatable bonds is 9. The SMILES string of the molecule is CC(c1ccccc1)C1C(=O)N(CCCNC(=O)c2ccc(N(C)C)cc2)C(=O)C1C(C)(C)C(C)(C)C. The van der Waals surface area contributed by atoms with E-state index in [-0.39, 0.29) is 29.1 Å². The molecule has 3 amide bonds. The van der Waals surface area contributed by atoms with Crippen LogP contribution in [-0.2, 0) is 9.59 Å². The molecule has 3 atom stereocenters. The van der Waals surface area contributed by atoms with Crippen LogP contribution >= 0.6 is 0 Å². The van der Waals surface area contributed by atoms with Crippen LogP contribution in [0.5, 0.6) is 0 Å². The van der Waals surface area contributed by atoms with Crippen molar-refractivity contribution < 1.29 is 14.4 Å². The number of nitrogens with zero attached hydrogens (tertiary/aromatic N) is 2. The van der Waals surface area contributed by atoms with Gasteiger partial charge in [0.1, 0.15) is 0 Å². The summed E-state index contributed by atoms with van der Waals surface area (Å²) in [5, 5.41) is 2.92. The monoisotopic (exact) mass is 505 g/mol. The molecule has 2 aromatic carbocycles. The van der Waals surface area contributed by atoms with E-state index in [1.807, 2.05) is 61.5 Å². The van der Waals surface area contributed by atoms with Gasteiger partial charge in [-0.05, 0) is 53.0 Å². The van der Waals surface area contributed by atoms with E-state index in [1.165, 1.54) is 4.90 Å². The quantitative estimate of drug-likeness (QED) is 0.368. The number of hydrogen-bond donors (Lipinski definition) is 1. The Morgan fingerprint density at radius 2 is 1.54 bits per heavy atom. The maximum Gasteiger partial charge on any atom is 0.251 e. The molecule has 1 N–H and O–H groups in total. The lowest BCUT2D eigenvalue weighted by molar-refractivity contribution is -0.141. The number of nitrogens with one attached hydrogen (secondary N) is 1. The summed E-state index contributed by atoms with van der Waals surface area (Å²) in [5.41, 5.74) is 2.11. The molecule has 0 bridgehead atoms. The molecule has 0 spiro atoms. The molecule has 3 unspecified atom stereocenters. The second-order valence-corrected chi connectivity index (χ2v) is 12.1. The summed E-state index contributed by atoms with van der Waals surface area (Å²) in [6.45, 7) is 13.4. The topological polar surface area (TPSA) is 69.7 Å². The zero-order valence-corrected chi connectivity index (χ0v) is 23.7. The molecule has 1 saturated heterocycles. The molecule has 3 rings (SSSR count). The Morgan fingerprint density at radius 3 is 2.08 bits per heavy atom. The molecule has 0 aromatic heterocycles. The van der Waals surface area contributed by atoms with Crippen LogP contribution in [0, 0.1) is 22.7 Å². The molecule has 0 aliphatic carbocycles. The fourth-order valence-electron chi connectivity index (χ4n) is 5.12. The Labute approximate surface area is 222 Å². The number of anilines is 1. The molecule has 1 aliphatic rings. The average Bonchev–Trinajstić information content (AvgIpc) is 3.11. The van der Waals surface area contributed by atoms with Gasteiger partial charge in [0, 0.05) is 38.4 Å². The van der Waals surface area contributed by atoms with Crippen molar-refractivity contribution in [2.45, 2.75) is 53.9 Å². The number of carbonyl (C=O) groups is 3. The molecule has 0 radical (unpaired) electrons. The lowest BCUT2D eigenvalue weighted by atomic mass is 9.57. The van der Waals surface area contributed by atoms with Crippen LogP contribution in [0.1, 0.15) is 69.8 Å². The van der Waals surface area contributed by atoms with Crippen LogP contribution in [0.25, 0.3) is 0 Å². The van der Waals surface area contributed by atoms with Gasteiger partial charge in [-0.25, -0.2) is 0 Å². The Balaban J connectivity index is 1.72. The van der Waals surface area contributed by atoms with Gasteiger partial charge in [0.05, 0.1) is 11.8 Å². The predicted octanol–water partition coefficient (Wildman–Crippen LogP) is 5.35. The predicted molar refractivity (Wildman–Crippen MR) is 150 cm³/mol. The summed E-state index contributed by atoms with van der Waals surface area (Å²) < 4.78 is 0. The zero-order valence-electron chi connectivity index (χ0n) is 23.7. The van der Waals surface area contributed by atoms with Gasteiger partial charge in [0.2, 0.25) is 11.8 Å². The third-order valence-electron chi connectivity index (χ3n) is 8.51. The first-order valence-corrected chi connectivity index (χ1v) is 13.2. The number of carbonyl (C=O) groups excluding carboxylic acids is 3. The molecule has 0 saturated carbocycles. The summed E-state index contributed by atoms with van der Waals surface area (Å²) in [4.78, 5) is 43.6. The van der Waals surface area contributed by atoms with E-state index < -0.39 is 17.3 Å².